The molecule has 43 heavy (non-hydrogen) atoms. The molecule has 4 fully saturated rings. The second-order valence-electron chi connectivity index (χ2n) is 15.5. The fraction of sp³-hybridized carbons (Fsp3) is 0.824. The van der Waals surface area contributed by atoms with E-state index in [-0.39, 0.29) is 53.1 Å². The lowest BCUT2D eigenvalue weighted by atomic mass is 9.36. The largest absolute Gasteiger partial charge is 0.458 e. The highest BCUT2D eigenvalue weighted by Gasteiger charge is 2.70. The number of ether oxygens (including phenoxy) is 3. The molecule has 0 radical (unpaired) electrons. The lowest BCUT2D eigenvalue weighted by Crippen LogP contribution is -2.65. The van der Waals surface area contributed by atoms with Crippen molar-refractivity contribution in [2.24, 2.45) is 45.3 Å². The monoisotopic (exact) mass is 604 g/mol. The van der Waals surface area contributed by atoms with Crippen LogP contribution in [0.3, 0.4) is 0 Å². The van der Waals surface area contributed by atoms with E-state index in [0.29, 0.717) is 30.8 Å². The molecule has 4 rings (SSSR count). The van der Waals surface area contributed by atoms with Crippen LogP contribution in [0.4, 0.5) is 0 Å². The van der Waals surface area contributed by atoms with Crippen molar-refractivity contribution in [3.05, 3.63) is 11.1 Å². The van der Waals surface area contributed by atoms with E-state index in [9.17, 15) is 29.4 Å². The minimum Gasteiger partial charge on any atom is -0.458 e. The smallest absolute Gasteiger partial charge is 0.336 e. The Bertz CT molecular complexity index is 1150. The van der Waals surface area contributed by atoms with Gasteiger partial charge in [0.25, 0.3) is 0 Å². The molecular formula is C34H52O9. The predicted molar refractivity (Wildman–Crippen MR) is 158 cm³/mol. The first-order chi connectivity index (χ1) is 19.9. The number of carbonyl (C=O) groups excluding carboxylic acids is 4. The van der Waals surface area contributed by atoms with Crippen LogP contribution < -0.4 is 0 Å². The van der Waals surface area contributed by atoms with Crippen LogP contribution in [-0.2, 0) is 33.4 Å². The maximum absolute atomic E-state index is 13.6. The molecule has 0 spiro atoms. The van der Waals surface area contributed by atoms with Gasteiger partial charge in [0.15, 0.2) is 0 Å². The van der Waals surface area contributed by atoms with E-state index in [1.54, 1.807) is 20.8 Å². The number of hydrogen-bond acceptors (Lipinski definition) is 9. The molecule has 0 unspecified atom stereocenters. The van der Waals surface area contributed by atoms with Crippen LogP contribution in [0.15, 0.2) is 11.1 Å². The van der Waals surface area contributed by atoms with Gasteiger partial charge in [0, 0.05) is 18.9 Å². The van der Waals surface area contributed by atoms with Crippen LogP contribution in [0.5, 0.6) is 0 Å². The van der Waals surface area contributed by atoms with Gasteiger partial charge in [0.2, 0.25) is 6.79 Å². The zero-order chi connectivity index (χ0) is 32.1. The van der Waals surface area contributed by atoms with Crippen molar-refractivity contribution in [2.75, 3.05) is 6.79 Å². The maximum atomic E-state index is 13.6. The van der Waals surface area contributed by atoms with E-state index in [2.05, 4.69) is 27.7 Å². The van der Waals surface area contributed by atoms with Crippen molar-refractivity contribution in [2.45, 2.75) is 125 Å². The molecule has 0 saturated heterocycles. The molecule has 0 aromatic rings. The van der Waals surface area contributed by atoms with Gasteiger partial charge in [0.1, 0.15) is 12.4 Å². The Morgan fingerprint density at radius 3 is 2.28 bits per heavy atom. The number of esters is 3. The highest BCUT2D eigenvalue weighted by molar-refractivity contribution is 5.90. The molecule has 4 aliphatic carbocycles. The second kappa shape index (κ2) is 11.9. The fourth-order valence-electron chi connectivity index (χ4n) is 9.92. The zero-order valence-electron chi connectivity index (χ0n) is 27.2. The van der Waals surface area contributed by atoms with Crippen molar-refractivity contribution in [3.8, 4) is 0 Å². The minimum absolute atomic E-state index is 0.0329. The standard InChI is InChI=1S/C34H52O9/c1-19-22-11-14-33(7)28(32(22,6)13-12-24(19)37)25(38)16-23-27(26(43-20(2)36)17-34(23,33)8)21(10-9-15-35)29(39)41-18-42-30(40)31(3,4)5/h15,19,22-26,28,37-38H,9-14,16-18H2,1-8H3/b27-21-/t19-,22-,23-,24+,25+,26-,28-,32-,33-,34-/m0/s1. The average molecular weight is 605 g/mol. The average Bonchev–Trinajstić information content (AvgIpc) is 3.17. The summed E-state index contributed by atoms with van der Waals surface area (Å²) >= 11 is 0. The number of carbonyl (C=O) groups is 4. The molecular weight excluding hydrogens is 552 g/mol. The number of hydrogen-bond donors (Lipinski definition) is 2. The van der Waals surface area contributed by atoms with E-state index < -0.39 is 47.7 Å². The van der Waals surface area contributed by atoms with Gasteiger partial charge in [0.05, 0.1) is 17.6 Å². The van der Waals surface area contributed by atoms with Gasteiger partial charge in [-0.05, 0) is 111 Å². The molecule has 9 nitrogen and oxygen atoms in total. The van der Waals surface area contributed by atoms with E-state index in [1.807, 2.05) is 0 Å². The van der Waals surface area contributed by atoms with Crippen molar-refractivity contribution in [1.29, 1.82) is 0 Å². The van der Waals surface area contributed by atoms with Crippen molar-refractivity contribution >= 4 is 24.2 Å². The van der Waals surface area contributed by atoms with Crippen molar-refractivity contribution in [3.63, 3.8) is 0 Å². The van der Waals surface area contributed by atoms with Gasteiger partial charge < -0.3 is 29.2 Å². The Kier molecular flexibility index (Phi) is 9.32. The van der Waals surface area contributed by atoms with E-state index in [4.69, 9.17) is 14.2 Å². The van der Waals surface area contributed by atoms with Crippen LogP contribution in [0.25, 0.3) is 0 Å². The third kappa shape index (κ3) is 5.69. The SMILES string of the molecule is CC(=O)O[C@H]1C[C@@]2(C)[C@@H](C[C@@H](O)[C@H]3[C@@]4(C)CC[C@@H](O)[C@@H](C)[C@@H]4CC[C@@]32C)/C1=C(\CCC=O)C(=O)OCOC(=O)C(C)(C)C. The Morgan fingerprint density at radius 2 is 1.67 bits per heavy atom. The fourth-order valence-corrected chi connectivity index (χ4v) is 9.92. The lowest BCUT2D eigenvalue weighted by molar-refractivity contribution is -0.234. The number of aldehydes is 1. The molecule has 0 bridgehead atoms. The van der Waals surface area contributed by atoms with Gasteiger partial charge in [-0.15, -0.1) is 0 Å². The van der Waals surface area contributed by atoms with E-state index in [1.165, 1.54) is 6.92 Å². The molecule has 0 amide bonds. The topological polar surface area (TPSA) is 136 Å². The molecule has 2 N–H and O–H groups in total. The Morgan fingerprint density at radius 1 is 1.00 bits per heavy atom. The molecule has 9 heteroatoms. The lowest BCUT2D eigenvalue weighted by Gasteiger charge is -2.69. The summed E-state index contributed by atoms with van der Waals surface area (Å²) in [6, 6.07) is 0. The summed E-state index contributed by atoms with van der Waals surface area (Å²) < 4.78 is 16.5. The van der Waals surface area contributed by atoms with Gasteiger partial charge in [-0.2, -0.15) is 0 Å². The van der Waals surface area contributed by atoms with Crippen LogP contribution >= 0.6 is 0 Å². The minimum atomic E-state index is -0.771. The number of aliphatic hydroxyl groups is 2. The predicted octanol–water partition coefficient (Wildman–Crippen LogP) is 4.90. The summed E-state index contributed by atoms with van der Waals surface area (Å²) in [4.78, 5) is 49.7. The summed E-state index contributed by atoms with van der Waals surface area (Å²) in [6.07, 6.45) is 3.35. The highest BCUT2D eigenvalue weighted by Crippen LogP contribution is 2.74. The number of rotatable bonds is 7. The zero-order valence-corrected chi connectivity index (χ0v) is 27.2. The van der Waals surface area contributed by atoms with Gasteiger partial charge in [-0.25, -0.2) is 4.79 Å². The summed E-state index contributed by atoms with van der Waals surface area (Å²) in [6.45, 7) is 14.8. The van der Waals surface area contributed by atoms with Gasteiger partial charge in [-0.1, -0.05) is 27.7 Å². The quantitative estimate of drug-likeness (QED) is 0.180. The van der Waals surface area contributed by atoms with Crippen molar-refractivity contribution < 1.29 is 43.6 Å². The molecule has 0 aromatic carbocycles. The summed E-state index contributed by atoms with van der Waals surface area (Å²) in [7, 11) is 0. The van der Waals surface area contributed by atoms with Crippen LogP contribution in [-0.4, -0.2) is 59.5 Å². The molecule has 4 aliphatic rings. The molecule has 4 saturated carbocycles. The third-order valence-electron chi connectivity index (χ3n) is 12.1. The second-order valence-corrected chi connectivity index (χ2v) is 15.5. The maximum Gasteiger partial charge on any atom is 0.336 e. The summed E-state index contributed by atoms with van der Waals surface area (Å²) in [5.41, 5.74) is -0.839. The normalized spacial score (nSPS) is 41.7. The van der Waals surface area contributed by atoms with Crippen LogP contribution in [0, 0.1) is 45.3 Å². The van der Waals surface area contributed by atoms with Crippen LogP contribution in [0.2, 0.25) is 0 Å². The molecule has 242 valence electrons. The van der Waals surface area contributed by atoms with Gasteiger partial charge >= 0.3 is 17.9 Å². The molecule has 0 aliphatic heterocycles. The first kappa shape index (κ1) is 33.6. The molecule has 0 heterocycles. The van der Waals surface area contributed by atoms with E-state index in [0.717, 1.165) is 25.5 Å². The first-order valence-corrected chi connectivity index (χ1v) is 16.0. The Labute approximate surface area is 256 Å². The third-order valence-corrected chi connectivity index (χ3v) is 12.1. The first-order valence-electron chi connectivity index (χ1n) is 16.0. The Hall–Kier alpha value is -2.26. The van der Waals surface area contributed by atoms with Crippen molar-refractivity contribution in [1.82, 2.24) is 0 Å². The van der Waals surface area contributed by atoms with E-state index >= 15 is 0 Å². The Balaban J connectivity index is 1.76. The highest BCUT2D eigenvalue weighted by atomic mass is 16.7. The molecule has 10 atom stereocenters. The summed E-state index contributed by atoms with van der Waals surface area (Å²) in [5, 5.41) is 22.7. The number of fused-ring (bicyclic) bond motifs is 5. The number of aliphatic hydroxyl groups excluding tert-OH is 2. The van der Waals surface area contributed by atoms with Gasteiger partial charge in [-0.3, -0.25) is 9.59 Å². The summed E-state index contributed by atoms with van der Waals surface area (Å²) in [5.74, 6) is -1.59. The molecule has 0 aromatic heterocycles. The van der Waals surface area contributed by atoms with Crippen LogP contribution in [0.1, 0.15) is 107 Å².